The minimum atomic E-state index is -0.409. The molecule has 0 aliphatic rings. The summed E-state index contributed by atoms with van der Waals surface area (Å²) in [5.41, 5.74) is 1.56. The Morgan fingerprint density at radius 3 is 2.72 bits per heavy atom. The number of nitrogens with zero attached hydrogens (tertiary/aromatic N) is 3. The Kier molecular flexibility index (Phi) is 6.40. The van der Waals surface area contributed by atoms with Crippen LogP contribution in [0, 0.1) is 12.3 Å². The number of pyridine rings is 2. The molecule has 0 aliphatic carbocycles. The average Bonchev–Trinajstić information content (AvgIpc) is 2.71. The van der Waals surface area contributed by atoms with Gasteiger partial charge in [0, 0.05) is 40.1 Å². The average molecular weight is 399 g/mol. The van der Waals surface area contributed by atoms with Crippen LogP contribution in [0.4, 0.5) is 0 Å². The number of ether oxygens (including phenoxy) is 2. The van der Waals surface area contributed by atoms with Gasteiger partial charge in [0.25, 0.3) is 11.5 Å². The van der Waals surface area contributed by atoms with Gasteiger partial charge >= 0.3 is 0 Å². The van der Waals surface area contributed by atoms with Crippen LogP contribution in [0.3, 0.4) is 0 Å². The van der Waals surface area contributed by atoms with Gasteiger partial charge in [-0.25, -0.2) is 4.98 Å². The zero-order valence-corrected chi connectivity index (χ0v) is 16.8. The van der Waals surface area contributed by atoms with Crippen molar-refractivity contribution in [3.05, 3.63) is 51.4 Å². The standard InChI is InChI=1S/C20H25N5O4/c1-13-6-4-8-25-17(13)23-18-15(20(25)27)12-14(16(21)24(18)9-11-29-3)19(26)22-7-5-10-28-2/h4,6,8,12,21H,5,7,9-11H2,1-3H3,(H,22,26). The molecule has 154 valence electrons. The van der Waals surface area contributed by atoms with Crippen molar-refractivity contribution in [3.8, 4) is 0 Å². The van der Waals surface area contributed by atoms with Crippen LogP contribution >= 0.6 is 0 Å². The number of hydrogen-bond acceptors (Lipinski definition) is 6. The minimum absolute atomic E-state index is 0.0105. The Morgan fingerprint density at radius 2 is 2.00 bits per heavy atom. The third-order valence-electron chi connectivity index (χ3n) is 4.71. The number of amides is 1. The van der Waals surface area contributed by atoms with E-state index in [4.69, 9.17) is 14.9 Å². The highest BCUT2D eigenvalue weighted by molar-refractivity contribution is 5.96. The largest absolute Gasteiger partial charge is 0.385 e. The zero-order chi connectivity index (χ0) is 21.0. The summed E-state index contributed by atoms with van der Waals surface area (Å²) in [6, 6.07) is 5.10. The Balaban J connectivity index is 2.21. The third-order valence-corrected chi connectivity index (χ3v) is 4.71. The Morgan fingerprint density at radius 1 is 1.24 bits per heavy atom. The van der Waals surface area contributed by atoms with Gasteiger partial charge in [-0.3, -0.25) is 19.4 Å². The molecule has 3 rings (SSSR count). The molecule has 0 unspecified atom stereocenters. The second-order valence-electron chi connectivity index (χ2n) is 6.69. The van der Waals surface area contributed by atoms with Gasteiger partial charge in [-0.1, -0.05) is 6.07 Å². The van der Waals surface area contributed by atoms with Crippen LogP contribution in [0.5, 0.6) is 0 Å². The summed E-state index contributed by atoms with van der Waals surface area (Å²) in [6.07, 6.45) is 2.30. The van der Waals surface area contributed by atoms with Gasteiger partial charge in [0.05, 0.1) is 17.6 Å². The monoisotopic (exact) mass is 399 g/mol. The number of aromatic nitrogens is 3. The molecule has 3 aromatic rings. The molecule has 0 saturated heterocycles. The lowest BCUT2D eigenvalue weighted by Gasteiger charge is -2.15. The molecule has 0 aromatic carbocycles. The van der Waals surface area contributed by atoms with Crippen LogP contribution < -0.4 is 16.4 Å². The second-order valence-corrected chi connectivity index (χ2v) is 6.69. The molecule has 0 radical (unpaired) electrons. The third kappa shape index (κ3) is 4.06. The lowest BCUT2D eigenvalue weighted by Crippen LogP contribution is -2.36. The van der Waals surface area contributed by atoms with E-state index in [-0.39, 0.29) is 22.0 Å². The van der Waals surface area contributed by atoms with Gasteiger partial charge in [-0.05, 0) is 31.0 Å². The summed E-state index contributed by atoms with van der Waals surface area (Å²) in [5, 5.41) is 11.6. The lowest BCUT2D eigenvalue weighted by molar-refractivity contribution is 0.0945. The molecule has 0 atom stereocenters. The van der Waals surface area contributed by atoms with Crippen molar-refractivity contribution in [2.75, 3.05) is 34.0 Å². The van der Waals surface area contributed by atoms with Crippen LogP contribution in [-0.4, -0.2) is 53.8 Å². The molecule has 3 aromatic heterocycles. The molecular formula is C20H25N5O4. The van der Waals surface area contributed by atoms with Crippen molar-refractivity contribution in [1.29, 1.82) is 5.41 Å². The first-order chi connectivity index (χ1) is 14.0. The first-order valence-corrected chi connectivity index (χ1v) is 9.35. The Hall–Kier alpha value is -3.04. The number of carbonyl (C=O) groups is 1. The molecule has 0 bridgehead atoms. The van der Waals surface area contributed by atoms with Gasteiger partial charge < -0.3 is 19.4 Å². The van der Waals surface area contributed by atoms with Crippen molar-refractivity contribution in [3.63, 3.8) is 0 Å². The summed E-state index contributed by atoms with van der Waals surface area (Å²) in [7, 11) is 3.15. The number of nitrogens with one attached hydrogen (secondary N) is 2. The summed E-state index contributed by atoms with van der Waals surface area (Å²) >= 11 is 0. The summed E-state index contributed by atoms with van der Waals surface area (Å²) in [6.45, 7) is 3.42. The maximum Gasteiger partial charge on any atom is 0.267 e. The van der Waals surface area contributed by atoms with E-state index in [0.717, 1.165) is 5.56 Å². The van der Waals surface area contributed by atoms with Crippen molar-refractivity contribution in [2.24, 2.45) is 0 Å². The highest BCUT2D eigenvalue weighted by Crippen LogP contribution is 2.12. The molecule has 3 heterocycles. The van der Waals surface area contributed by atoms with Crippen molar-refractivity contribution in [1.82, 2.24) is 19.3 Å². The first-order valence-electron chi connectivity index (χ1n) is 9.35. The van der Waals surface area contributed by atoms with E-state index in [1.807, 2.05) is 13.0 Å². The fourth-order valence-corrected chi connectivity index (χ4v) is 3.18. The van der Waals surface area contributed by atoms with Crippen LogP contribution in [0.1, 0.15) is 22.3 Å². The molecule has 1 amide bonds. The fourth-order valence-electron chi connectivity index (χ4n) is 3.18. The molecule has 2 N–H and O–H groups in total. The summed E-state index contributed by atoms with van der Waals surface area (Å²) < 4.78 is 13.1. The van der Waals surface area contributed by atoms with Crippen molar-refractivity contribution < 1.29 is 14.3 Å². The number of rotatable bonds is 8. The molecule has 9 nitrogen and oxygen atoms in total. The number of hydrogen-bond donors (Lipinski definition) is 2. The predicted octanol–water partition coefficient (Wildman–Crippen LogP) is 0.850. The summed E-state index contributed by atoms with van der Waals surface area (Å²) in [4.78, 5) is 30.4. The SMILES string of the molecule is COCCCNC(=O)c1cc2c(=O)n3cccc(C)c3nc2n(CCOC)c1=N. The van der Waals surface area contributed by atoms with E-state index >= 15 is 0 Å². The molecule has 29 heavy (non-hydrogen) atoms. The van der Waals surface area contributed by atoms with E-state index < -0.39 is 5.91 Å². The summed E-state index contributed by atoms with van der Waals surface area (Å²) in [5.74, 6) is -0.409. The zero-order valence-electron chi connectivity index (χ0n) is 16.8. The van der Waals surface area contributed by atoms with Crippen LogP contribution in [0.2, 0.25) is 0 Å². The number of carbonyl (C=O) groups excluding carboxylic acids is 1. The molecule has 0 spiro atoms. The highest BCUT2D eigenvalue weighted by atomic mass is 16.5. The van der Waals surface area contributed by atoms with Gasteiger partial charge in [-0.15, -0.1) is 0 Å². The van der Waals surface area contributed by atoms with Crippen molar-refractivity contribution in [2.45, 2.75) is 19.9 Å². The minimum Gasteiger partial charge on any atom is -0.385 e. The van der Waals surface area contributed by atoms with Gasteiger partial charge in [0.2, 0.25) is 0 Å². The van der Waals surface area contributed by atoms with Gasteiger partial charge in [-0.2, -0.15) is 0 Å². The van der Waals surface area contributed by atoms with E-state index in [1.165, 1.54) is 10.5 Å². The maximum absolute atomic E-state index is 13.1. The number of aryl methyl sites for hydroxylation is 1. The fraction of sp³-hybridized carbons (Fsp3) is 0.400. The smallest absolute Gasteiger partial charge is 0.267 e. The van der Waals surface area contributed by atoms with E-state index in [2.05, 4.69) is 10.3 Å². The van der Waals surface area contributed by atoms with E-state index in [0.29, 0.717) is 44.0 Å². The second kappa shape index (κ2) is 8.97. The molecule has 0 fully saturated rings. The van der Waals surface area contributed by atoms with E-state index in [9.17, 15) is 9.59 Å². The molecule has 0 aliphatic heterocycles. The number of methoxy groups -OCH3 is 2. The van der Waals surface area contributed by atoms with Crippen LogP contribution in [0.15, 0.2) is 29.2 Å². The normalized spacial score (nSPS) is 11.3. The van der Waals surface area contributed by atoms with E-state index in [1.54, 1.807) is 31.0 Å². The van der Waals surface area contributed by atoms with Gasteiger partial charge in [0.15, 0.2) is 0 Å². The highest BCUT2D eigenvalue weighted by Gasteiger charge is 2.17. The Labute approximate surface area is 167 Å². The first kappa shape index (κ1) is 20.7. The van der Waals surface area contributed by atoms with Crippen LogP contribution in [-0.2, 0) is 16.0 Å². The lowest BCUT2D eigenvalue weighted by atomic mass is 10.2. The molecular weight excluding hydrogens is 374 g/mol. The molecule has 0 saturated carbocycles. The molecule has 9 heteroatoms. The topological polar surface area (TPSA) is 111 Å². The number of fused-ring (bicyclic) bond motifs is 2. The Bertz CT molecular complexity index is 1170. The van der Waals surface area contributed by atoms with Crippen molar-refractivity contribution >= 4 is 22.6 Å². The predicted molar refractivity (Wildman–Crippen MR) is 108 cm³/mol. The van der Waals surface area contributed by atoms with Gasteiger partial charge in [0.1, 0.15) is 16.8 Å². The van der Waals surface area contributed by atoms with Crippen LogP contribution in [0.25, 0.3) is 16.7 Å². The maximum atomic E-state index is 13.1. The quantitative estimate of drug-likeness (QED) is 0.431.